The van der Waals surface area contributed by atoms with Crippen LogP contribution in [0.2, 0.25) is 4.34 Å². The molecule has 1 atom stereocenters. The number of carbonyl (C=O) groups excluding carboxylic acids is 1. The second-order valence-electron chi connectivity index (χ2n) is 4.78. The topological polar surface area (TPSA) is 41.1 Å². The smallest absolute Gasteiger partial charge is 0.319 e. The number of aryl methyl sites for hydroxylation is 2. The lowest BCUT2D eigenvalue weighted by atomic mass is 10.1. The minimum absolute atomic E-state index is 0.0711. The summed E-state index contributed by atoms with van der Waals surface area (Å²) in [4.78, 5) is 13.0. The Bertz CT molecular complexity index is 624. The van der Waals surface area contributed by atoms with Gasteiger partial charge in [0.05, 0.1) is 10.4 Å². The van der Waals surface area contributed by atoms with Crippen molar-refractivity contribution in [2.75, 3.05) is 5.32 Å². The molecule has 20 heavy (non-hydrogen) atoms. The summed E-state index contributed by atoms with van der Waals surface area (Å²) in [7, 11) is 0. The van der Waals surface area contributed by atoms with Crippen LogP contribution in [-0.4, -0.2) is 6.03 Å². The van der Waals surface area contributed by atoms with Gasteiger partial charge in [-0.3, -0.25) is 0 Å². The molecule has 0 aliphatic heterocycles. The molecule has 0 aliphatic carbocycles. The minimum Gasteiger partial charge on any atom is -0.331 e. The fraction of sp³-hybridized carbons (Fsp3) is 0.267. The number of carbonyl (C=O) groups is 1. The summed E-state index contributed by atoms with van der Waals surface area (Å²) in [5.74, 6) is 0. The first-order valence-electron chi connectivity index (χ1n) is 6.35. The highest BCUT2D eigenvalue weighted by molar-refractivity contribution is 7.16. The lowest BCUT2D eigenvalue weighted by molar-refractivity contribution is 0.249. The van der Waals surface area contributed by atoms with E-state index >= 15 is 0 Å². The van der Waals surface area contributed by atoms with Gasteiger partial charge >= 0.3 is 6.03 Å². The summed E-state index contributed by atoms with van der Waals surface area (Å²) < 4.78 is 0.725. The van der Waals surface area contributed by atoms with E-state index in [0.29, 0.717) is 0 Å². The van der Waals surface area contributed by atoms with E-state index < -0.39 is 0 Å². The predicted octanol–water partition coefficient (Wildman–Crippen LogP) is 4.90. The van der Waals surface area contributed by atoms with Gasteiger partial charge in [-0.25, -0.2) is 4.79 Å². The summed E-state index contributed by atoms with van der Waals surface area (Å²) in [5.41, 5.74) is 3.05. The monoisotopic (exact) mass is 308 g/mol. The summed E-state index contributed by atoms with van der Waals surface area (Å²) >= 11 is 7.37. The Morgan fingerprint density at radius 3 is 2.60 bits per heavy atom. The molecular formula is C15H17ClN2OS. The molecule has 0 radical (unpaired) electrons. The lowest BCUT2D eigenvalue weighted by Gasteiger charge is -2.14. The van der Waals surface area contributed by atoms with Crippen molar-refractivity contribution in [1.29, 1.82) is 0 Å². The molecule has 2 amide bonds. The Morgan fingerprint density at radius 2 is 2.00 bits per heavy atom. The molecule has 5 heteroatoms. The van der Waals surface area contributed by atoms with Crippen molar-refractivity contribution in [3.8, 4) is 0 Å². The molecule has 106 valence electrons. The summed E-state index contributed by atoms with van der Waals surface area (Å²) in [5, 5.41) is 5.77. The summed E-state index contributed by atoms with van der Waals surface area (Å²) in [6.07, 6.45) is 0. The van der Waals surface area contributed by atoms with Crippen LogP contribution < -0.4 is 10.6 Å². The van der Waals surface area contributed by atoms with E-state index in [0.717, 1.165) is 20.5 Å². The van der Waals surface area contributed by atoms with Crippen molar-refractivity contribution in [2.45, 2.75) is 26.8 Å². The quantitative estimate of drug-likeness (QED) is 0.832. The van der Waals surface area contributed by atoms with Crippen molar-refractivity contribution in [2.24, 2.45) is 0 Å². The maximum Gasteiger partial charge on any atom is 0.319 e. The Morgan fingerprint density at radius 1 is 1.25 bits per heavy atom. The standard InChI is InChI=1S/C15H17ClN2OS/c1-9-4-5-12(10(2)8-9)18-15(19)17-11(3)13-6-7-14(16)20-13/h4-8,11H,1-3H3,(H2,17,18,19)/t11-/m0/s1. The molecule has 0 saturated heterocycles. The van der Waals surface area contributed by atoms with Gasteiger partial charge < -0.3 is 10.6 Å². The third-order valence-electron chi connectivity index (χ3n) is 3.00. The number of hydrogen-bond donors (Lipinski definition) is 2. The number of anilines is 1. The second kappa shape index (κ2) is 6.29. The third kappa shape index (κ3) is 3.74. The molecule has 0 unspecified atom stereocenters. The number of hydrogen-bond acceptors (Lipinski definition) is 2. The van der Waals surface area contributed by atoms with E-state index in [2.05, 4.69) is 10.6 Å². The van der Waals surface area contributed by atoms with Gasteiger partial charge in [0.15, 0.2) is 0 Å². The third-order valence-corrected chi connectivity index (χ3v) is 4.41. The largest absolute Gasteiger partial charge is 0.331 e. The van der Waals surface area contributed by atoms with E-state index in [1.54, 1.807) is 0 Å². The van der Waals surface area contributed by atoms with Gasteiger partial charge in [-0.1, -0.05) is 29.3 Å². The van der Waals surface area contributed by atoms with Gasteiger partial charge in [0.1, 0.15) is 0 Å². The molecule has 0 spiro atoms. The van der Waals surface area contributed by atoms with Crippen LogP contribution in [0.1, 0.15) is 29.0 Å². The van der Waals surface area contributed by atoms with Crippen LogP contribution in [0.4, 0.5) is 10.5 Å². The number of thiophene rings is 1. The molecule has 1 aromatic heterocycles. The number of rotatable bonds is 3. The van der Waals surface area contributed by atoms with Crippen LogP contribution in [0.15, 0.2) is 30.3 Å². The van der Waals surface area contributed by atoms with Crippen molar-refractivity contribution in [3.05, 3.63) is 50.7 Å². The maximum absolute atomic E-state index is 12.0. The Kier molecular flexibility index (Phi) is 4.68. The van der Waals surface area contributed by atoms with Gasteiger partial charge in [-0.2, -0.15) is 0 Å². The van der Waals surface area contributed by atoms with Gasteiger partial charge in [0.2, 0.25) is 0 Å². The highest BCUT2D eigenvalue weighted by Gasteiger charge is 2.12. The van der Waals surface area contributed by atoms with Crippen molar-refractivity contribution in [3.63, 3.8) is 0 Å². The zero-order valence-corrected chi connectivity index (χ0v) is 13.2. The molecule has 1 aromatic carbocycles. The van der Waals surface area contributed by atoms with Gasteiger partial charge in [0.25, 0.3) is 0 Å². The number of amides is 2. The molecule has 3 nitrogen and oxygen atoms in total. The van der Waals surface area contributed by atoms with E-state index in [-0.39, 0.29) is 12.1 Å². The van der Waals surface area contributed by atoms with Crippen molar-refractivity contribution >= 4 is 34.7 Å². The number of halogens is 1. The summed E-state index contributed by atoms with van der Waals surface area (Å²) in [6, 6.07) is 9.41. The number of urea groups is 1. The Hall–Kier alpha value is -1.52. The fourth-order valence-electron chi connectivity index (χ4n) is 1.94. The SMILES string of the molecule is Cc1ccc(NC(=O)N[C@@H](C)c2ccc(Cl)s2)c(C)c1. The van der Waals surface area contributed by atoms with E-state index in [1.165, 1.54) is 16.9 Å². The van der Waals surface area contributed by atoms with Crippen molar-refractivity contribution < 1.29 is 4.79 Å². The molecule has 2 rings (SSSR count). The van der Waals surface area contributed by atoms with Crippen LogP contribution >= 0.6 is 22.9 Å². The maximum atomic E-state index is 12.0. The van der Waals surface area contributed by atoms with Crippen LogP contribution in [-0.2, 0) is 0 Å². The summed E-state index contributed by atoms with van der Waals surface area (Å²) in [6.45, 7) is 5.94. The number of nitrogens with one attached hydrogen (secondary N) is 2. The zero-order chi connectivity index (χ0) is 14.7. The normalized spacial score (nSPS) is 12.0. The lowest BCUT2D eigenvalue weighted by Crippen LogP contribution is -2.31. The van der Waals surface area contributed by atoms with Crippen LogP contribution in [0.5, 0.6) is 0 Å². The van der Waals surface area contributed by atoms with E-state index in [1.807, 2.05) is 51.1 Å². The Balaban J connectivity index is 1.98. The first kappa shape index (κ1) is 14.9. The minimum atomic E-state index is -0.214. The average molecular weight is 309 g/mol. The van der Waals surface area contributed by atoms with Gasteiger partial charge in [-0.05, 0) is 44.5 Å². The molecule has 2 N–H and O–H groups in total. The van der Waals surface area contributed by atoms with E-state index in [4.69, 9.17) is 11.6 Å². The highest BCUT2D eigenvalue weighted by atomic mass is 35.5. The Labute approximate surface area is 128 Å². The molecule has 0 saturated carbocycles. The van der Waals surface area contributed by atoms with Gasteiger partial charge in [-0.15, -0.1) is 11.3 Å². The first-order valence-corrected chi connectivity index (χ1v) is 7.55. The van der Waals surface area contributed by atoms with Crippen LogP contribution in [0.25, 0.3) is 0 Å². The first-order chi connectivity index (χ1) is 9.45. The molecule has 0 bridgehead atoms. The molecule has 1 heterocycles. The van der Waals surface area contributed by atoms with Crippen LogP contribution in [0.3, 0.4) is 0 Å². The van der Waals surface area contributed by atoms with Crippen molar-refractivity contribution in [1.82, 2.24) is 5.32 Å². The molecule has 0 fully saturated rings. The highest BCUT2D eigenvalue weighted by Crippen LogP contribution is 2.26. The molecule has 0 aliphatic rings. The molecule has 2 aromatic rings. The van der Waals surface area contributed by atoms with E-state index in [9.17, 15) is 4.79 Å². The van der Waals surface area contributed by atoms with Crippen LogP contribution in [0, 0.1) is 13.8 Å². The van der Waals surface area contributed by atoms with Gasteiger partial charge in [0, 0.05) is 10.6 Å². The average Bonchev–Trinajstić information content (AvgIpc) is 2.79. The number of benzene rings is 1. The molecular weight excluding hydrogens is 292 g/mol. The zero-order valence-electron chi connectivity index (χ0n) is 11.7. The second-order valence-corrected chi connectivity index (χ2v) is 6.53. The fourth-order valence-corrected chi connectivity index (χ4v) is 3.00. The predicted molar refractivity (Wildman–Crippen MR) is 85.8 cm³/mol.